The van der Waals surface area contributed by atoms with Crippen LogP contribution in [0.1, 0.15) is 45.4 Å². The van der Waals surface area contributed by atoms with Crippen molar-refractivity contribution in [2.24, 2.45) is 0 Å². The first-order chi connectivity index (χ1) is 8.72. The first-order valence-corrected chi connectivity index (χ1v) is 7.04. The van der Waals surface area contributed by atoms with Crippen LogP contribution in [0.4, 0.5) is 0 Å². The number of aromatic nitrogens is 2. The van der Waals surface area contributed by atoms with Crippen LogP contribution in [0.5, 0.6) is 0 Å². The zero-order valence-electron chi connectivity index (χ0n) is 11.4. The second-order valence-electron chi connectivity index (χ2n) is 5.05. The van der Waals surface area contributed by atoms with Crippen molar-refractivity contribution >= 4 is 0 Å². The molecule has 0 amide bonds. The molecule has 1 aromatic rings. The SMILES string of the molecule is CCOC1(C(O)Cc2nccn2CC)CCCC1. The molecule has 1 heterocycles. The Kier molecular flexibility index (Phi) is 4.40. The average Bonchev–Trinajstić information content (AvgIpc) is 2.99. The predicted octanol–water partition coefficient (Wildman–Crippen LogP) is 2.16. The van der Waals surface area contributed by atoms with Gasteiger partial charge in [0, 0.05) is 32.0 Å². The molecule has 1 unspecified atom stereocenters. The third-order valence-electron chi connectivity index (χ3n) is 4.01. The summed E-state index contributed by atoms with van der Waals surface area (Å²) >= 11 is 0. The quantitative estimate of drug-likeness (QED) is 0.844. The van der Waals surface area contributed by atoms with Gasteiger partial charge in [-0.3, -0.25) is 0 Å². The molecule has 0 bridgehead atoms. The van der Waals surface area contributed by atoms with Crippen molar-refractivity contribution in [3.05, 3.63) is 18.2 Å². The monoisotopic (exact) mass is 252 g/mol. The molecule has 4 nitrogen and oxygen atoms in total. The van der Waals surface area contributed by atoms with E-state index in [2.05, 4.69) is 16.5 Å². The van der Waals surface area contributed by atoms with Crippen molar-refractivity contribution in [1.82, 2.24) is 9.55 Å². The highest BCUT2D eigenvalue weighted by Crippen LogP contribution is 2.37. The van der Waals surface area contributed by atoms with E-state index in [1.54, 1.807) is 6.20 Å². The molecule has 0 aliphatic heterocycles. The molecule has 1 atom stereocenters. The van der Waals surface area contributed by atoms with Crippen LogP contribution in [0.15, 0.2) is 12.4 Å². The average molecular weight is 252 g/mol. The molecular weight excluding hydrogens is 228 g/mol. The lowest BCUT2D eigenvalue weighted by Gasteiger charge is -2.34. The molecule has 1 N–H and O–H groups in total. The number of imidazole rings is 1. The third-order valence-corrected chi connectivity index (χ3v) is 4.01. The summed E-state index contributed by atoms with van der Waals surface area (Å²) in [5.41, 5.74) is -0.334. The topological polar surface area (TPSA) is 47.3 Å². The molecule has 4 heteroatoms. The Balaban J connectivity index is 2.07. The largest absolute Gasteiger partial charge is 0.390 e. The van der Waals surface area contributed by atoms with Gasteiger partial charge in [0.15, 0.2) is 0 Å². The van der Waals surface area contributed by atoms with Crippen LogP contribution < -0.4 is 0 Å². The van der Waals surface area contributed by atoms with Crippen LogP contribution in [0.2, 0.25) is 0 Å². The number of hydrogen-bond donors (Lipinski definition) is 1. The number of aliphatic hydroxyl groups is 1. The van der Waals surface area contributed by atoms with E-state index in [1.807, 2.05) is 13.1 Å². The summed E-state index contributed by atoms with van der Waals surface area (Å²) in [6.07, 6.45) is 8.13. The molecule has 1 aliphatic rings. The lowest BCUT2D eigenvalue weighted by atomic mass is 9.92. The minimum Gasteiger partial charge on any atom is -0.390 e. The summed E-state index contributed by atoms with van der Waals surface area (Å²) in [4.78, 5) is 4.34. The van der Waals surface area contributed by atoms with E-state index in [0.29, 0.717) is 13.0 Å². The Morgan fingerprint density at radius 3 is 2.78 bits per heavy atom. The Labute approximate surface area is 109 Å². The maximum absolute atomic E-state index is 10.5. The Morgan fingerprint density at radius 1 is 1.44 bits per heavy atom. The van der Waals surface area contributed by atoms with Gasteiger partial charge in [-0.2, -0.15) is 0 Å². The summed E-state index contributed by atoms with van der Waals surface area (Å²) < 4.78 is 7.97. The molecule has 2 rings (SSSR count). The molecule has 1 aromatic heterocycles. The summed E-state index contributed by atoms with van der Waals surface area (Å²) in [6, 6.07) is 0. The molecule has 102 valence electrons. The van der Waals surface area contributed by atoms with Crippen molar-refractivity contribution in [3.8, 4) is 0 Å². The first kappa shape index (κ1) is 13.6. The molecule has 0 saturated heterocycles. The molecule has 0 radical (unpaired) electrons. The van der Waals surface area contributed by atoms with Crippen molar-refractivity contribution < 1.29 is 9.84 Å². The molecule has 18 heavy (non-hydrogen) atoms. The zero-order chi connectivity index (χ0) is 13.0. The van der Waals surface area contributed by atoms with Gasteiger partial charge in [-0.25, -0.2) is 4.98 Å². The molecule has 0 spiro atoms. The standard InChI is InChI=1S/C14H24N2O2/c1-3-16-10-9-15-13(16)11-12(17)14(18-4-2)7-5-6-8-14/h9-10,12,17H,3-8,11H2,1-2H3. The fourth-order valence-corrected chi connectivity index (χ4v) is 3.01. The number of hydrogen-bond acceptors (Lipinski definition) is 3. The van der Waals surface area contributed by atoms with E-state index in [9.17, 15) is 5.11 Å². The lowest BCUT2D eigenvalue weighted by Crippen LogP contribution is -2.44. The number of nitrogens with zero attached hydrogens (tertiary/aromatic N) is 2. The van der Waals surface area contributed by atoms with Gasteiger partial charge in [-0.1, -0.05) is 12.8 Å². The number of aliphatic hydroxyl groups excluding tert-OH is 1. The first-order valence-electron chi connectivity index (χ1n) is 7.04. The second-order valence-corrected chi connectivity index (χ2v) is 5.05. The van der Waals surface area contributed by atoms with Crippen molar-refractivity contribution in [2.45, 2.75) is 64.2 Å². The van der Waals surface area contributed by atoms with E-state index in [1.165, 1.54) is 0 Å². The lowest BCUT2D eigenvalue weighted by molar-refractivity contribution is -0.116. The minimum absolute atomic E-state index is 0.334. The van der Waals surface area contributed by atoms with Gasteiger partial charge in [-0.05, 0) is 26.7 Å². The van der Waals surface area contributed by atoms with E-state index in [0.717, 1.165) is 38.1 Å². The zero-order valence-corrected chi connectivity index (χ0v) is 11.4. The number of ether oxygens (including phenoxy) is 1. The van der Waals surface area contributed by atoms with Crippen LogP contribution in [0, 0.1) is 0 Å². The second kappa shape index (κ2) is 5.85. The predicted molar refractivity (Wildman–Crippen MR) is 70.4 cm³/mol. The van der Waals surface area contributed by atoms with Crippen LogP contribution in [-0.2, 0) is 17.7 Å². The van der Waals surface area contributed by atoms with Gasteiger partial charge in [0.2, 0.25) is 0 Å². The van der Waals surface area contributed by atoms with Crippen molar-refractivity contribution in [1.29, 1.82) is 0 Å². The molecule has 1 aliphatic carbocycles. The van der Waals surface area contributed by atoms with E-state index < -0.39 is 6.10 Å². The molecule has 0 aromatic carbocycles. The summed E-state index contributed by atoms with van der Waals surface area (Å²) in [5, 5.41) is 10.5. The maximum atomic E-state index is 10.5. The smallest absolute Gasteiger partial charge is 0.111 e. The van der Waals surface area contributed by atoms with Crippen LogP contribution in [0.3, 0.4) is 0 Å². The van der Waals surface area contributed by atoms with Gasteiger partial charge in [0.25, 0.3) is 0 Å². The van der Waals surface area contributed by atoms with Gasteiger partial charge < -0.3 is 14.4 Å². The highest BCUT2D eigenvalue weighted by atomic mass is 16.5. The van der Waals surface area contributed by atoms with E-state index in [-0.39, 0.29) is 5.60 Å². The minimum atomic E-state index is -0.451. The summed E-state index contributed by atoms with van der Waals surface area (Å²) in [6.45, 7) is 5.65. The van der Waals surface area contributed by atoms with Crippen LogP contribution in [-0.4, -0.2) is 33.0 Å². The molecular formula is C14H24N2O2. The highest BCUT2D eigenvalue weighted by Gasteiger charge is 2.41. The van der Waals surface area contributed by atoms with Gasteiger partial charge in [-0.15, -0.1) is 0 Å². The summed E-state index contributed by atoms with van der Waals surface area (Å²) in [5.74, 6) is 0.955. The normalized spacial score (nSPS) is 20.2. The number of rotatable bonds is 6. The van der Waals surface area contributed by atoms with E-state index >= 15 is 0 Å². The highest BCUT2D eigenvalue weighted by molar-refractivity contribution is 5.01. The van der Waals surface area contributed by atoms with Gasteiger partial charge >= 0.3 is 0 Å². The van der Waals surface area contributed by atoms with Gasteiger partial charge in [0.05, 0.1) is 11.7 Å². The summed E-state index contributed by atoms with van der Waals surface area (Å²) in [7, 11) is 0. The fourth-order valence-electron chi connectivity index (χ4n) is 3.01. The fraction of sp³-hybridized carbons (Fsp3) is 0.786. The van der Waals surface area contributed by atoms with Crippen molar-refractivity contribution in [2.75, 3.05) is 6.61 Å². The Bertz CT molecular complexity index is 370. The van der Waals surface area contributed by atoms with Crippen LogP contribution in [0.25, 0.3) is 0 Å². The van der Waals surface area contributed by atoms with Gasteiger partial charge in [0.1, 0.15) is 5.82 Å². The van der Waals surface area contributed by atoms with Crippen LogP contribution >= 0.6 is 0 Å². The molecule has 1 fully saturated rings. The molecule has 1 saturated carbocycles. The van der Waals surface area contributed by atoms with Crippen molar-refractivity contribution in [3.63, 3.8) is 0 Å². The Hall–Kier alpha value is -0.870. The maximum Gasteiger partial charge on any atom is 0.111 e. The third kappa shape index (κ3) is 2.59. The number of aryl methyl sites for hydroxylation is 1. The van der Waals surface area contributed by atoms with E-state index in [4.69, 9.17) is 4.74 Å². The Morgan fingerprint density at radius 2 is 2.17 bits per heavy atom.